The summed E-state index contributed by atoms with van der Waals surface area (Å²) >= 11 is 0. The summed E-state index contributed by atoms with van der Waals surface area (Å²) in [5.41, 5.74) is 0. The van der Waals surface area contributed by atoms with Crippen molar-refractivity contribution in [3.8, 4) is 5.75 Å². The molecule has 1 N–H and O–H groups in total. The van der Waals surface area contributed by atoms with E-state index in [4.69, 9.17) is 9.26 Å². The van der Waals surface area contributed by atoms with Crippen molar-refractivity contribution in [2.75, 3.05) is 0 Å². The van der Waals surface area contributed by atoms with Gasteiger partial charge in [-0.2, -0.15) is 4.98 Å². The zero-order chi connectivity index (χ0) is 12.2. The number of ether oxygens (including phenoxy) is 1. The molecule has 0 bridgehead atoms. The maximum absolute atomic E-state index is 5.54. The van der Waals surface area contributed by atoms with Gasteiger partial charge in [-0.1, -0.05) is 23.4 Å². The van der Waals surface area contributed by atoms with Gasteiger partial charge < -0.3 is 14.6 Å². The third-order valence-corrected chi connectivity index (χ3v) is 2.74. The summed E-state index contributed by atoms with van der Waals surface area (Å²) in [6.45, 7) is 0.972. The summed E-state index contributed by atoms with van der Waals surface area (Å²) in [6, 6.07) is 10.2. The fraction of sp³-hybridized carbons (Fsp3) is 0.385. The van der Waals surface area contributed by atoms with Crippen LogP contribution in [0.3, 0.4) is 0 Å². The Kier molecular flexibility index (Phi) is 3.23. The van der Waals surface area contributed by atoms with E-state index in [0.29, 0.717) is 30.9 Å². The average Bonchev–Trinajstić information content (AvgIpc) is 3.14. The average molecular weight is 245 g/mol. The van der Waals surface area contributed by atoms with Crippen LogP contribution < -0.4 is 10.1 Å². The Bertz CT molecular complexity index is 494. The Hall–Kier alpha value is -1.88. The summed E-state index contributed by atoms with van der Waals surface area (Å²) in [7, 11) is 0. The van der Waals surface area contributed by atoms with E-state index in [1.807, 2.05) is 30.3 Å². The van der Waals surface area contributed by atoms with Gasteiger partial charge in [0.05, 0.1) is 6.54 Å². The van der Waals surface area contributed by atoms with Crippen LogP contribution in [0.15, 0.2) is 34.9 Å². The molecule has 1 aliphatic rings. The number of para-hydroxylation sites is 1. The molecule has 1 saturated carbocycles. The van der Waals surface area contributed by atoms with Gasteiger partial charge >= 0.3 is 0 Å². The lowest BCUT2D eigenvalue weighted by Gasteiger charge is -2.01. The molecule has 5 heteroatoms. The molecule has 18 heavy (non-hydrogen) atoms. The monoisotopic (exact) mass is 245 g/mol. The van der Waals surface area contributed by atoms with Crippen LogP contribution in [0, 0.1) is 0 Å². The number of benzene rings is 1. The third-order valence-electron chi connectivity index (χ3n) is 2.74. The molecule has 1 fully saturated rings. The molecule has 1 heterocycles. The number of nitrogens with one attached hydrogen (secondary N) is 1. The van der Waals surface area contributed by atoms with Crippen molar-refractivity contribution in [1.82, 2.24) is 15.5 Å². The molecule has 0 radical (unpaired) electrons. The van der Waals surface area contributed by atoms with E-state index in [9.17, 15) is 0 Å². The van der Waals surface area contributed by atoms with Crippen molar-refractivity contribution in [3.63, 3.8) is 0 Å². The van der Waals surface area contributed by atoms with Gasteiger partial charge in [0, 0.05) is 6.04 Å². The largest absolute Gasteiger partial charge is 0.485 e. The summed E-state index contributed by atoms with van der Waals surface area (Å²) in [4.78, 5) is 4.26. The minimum atomic E-state index is 0.330. The first kappa shape index (κ1) is 11.2. The number of aromatic nitrogens is 2. The van der Waals surface area contributed by atoms with E-state index < -0.39 is 0 Å². The van der Waals surface area contributed by atoms with Crippen molar-refractivity contribution >= 4 is 0 Å². The van der Waals surface area contributed by atoms with Crippen molar-refractivity contribution in [3.05, 3.63) is 42.0 Å². The van der Waals surface area contributed by atoms with E-state index in [0.717, 1.165) is 5.75 Å². The number of hydrogen-bond donors (Lipinski definition) is 1. The van der Waals surface area contributed by atoms with Crippen molar-refractivity contribution < 1.29 is 9.26 Å². The van der Waals surface area contributed by atoms with Gasteiger partial charge in [-0.3, -0.25) is 0 Å². The first-order chi connectivity index (χ1) is 8.90. The highest BCUT2D eigenvalue weighted by atomic mass is 16.5. The highest BCUT2D eigenvalue weighted by molar-refractivity contribution is 5.20. The highest BCUT2D eigenvalue weighted by Crippen LogP contribution is 2.19. The number of rotatable bonds is 6. The molecule has 0 unspecified atom stereocenters. The second-order valence-electron chi connectivity index (χ2n) is 4.36. The molecular formula is C13H15N3O2. The lowest BCUT2D eigenvalue weighted by atomic mass is 10.3. The molecule has 0 spiro atoms. The van der Waals surface area contributed by atoms with Crippen LogP contribution >= 0.6 is 0 Å². The smallest absolute Gasteiger partial charge is 0.240 e. The van der Waals surface area contributed by atoms with Crippen LogP contribution in [-0.2, 0) is 13.2 Å². The van der Waals surface area contributed by atoms with Crippen LogP contribution in [0.5, 0.6) is 5.75 Å². The fourth-order valence-corrected chi connectivity index (χ4v) is 1.60. The first-order valence-electron chi connectivity index (χ1n) is 6.13. The molecule has 0 amide bonds. The van der Waals surface area contributed by atoms with Crippen LogP contribution in [-0.4, -0.2) is 16.2 Å². The van der Waals surface area contributed by atoms with Crippen molar-refractivity contribution in [2.45, 2.75) is 32.0 Å². The molecule has 5 nitrogen and oxygen atoms in total. The SMILES string of the molecule is c1ccc(OCc2noc(CNC3CC3)n2)cc1. The Morgan fingerprint density at radius 3 is 2.89 bits per heavy atom. The fourth-order valence-electron chi connectivity index (χ4n) is 1.60. The van der Waals surface area contributed by atoms with E-state index in [-0.39, 0.29) is 0 Å². The second kappa shape index (κ2) is 5.18. The number of hydrogen-bond acceptors (Lipinski definition) is 5. The van der Waals surface area contributed by atoms with E-state index in [2.05, 4.69) is 15.5 Å². The third kappa shape index (κ3) is 3.07. The maximum atomic E-state index is 5.54. The van der Waals surface area contributed by atoms with Gasteiger partial charge in [0.2, 0.25) is 11.7 Å². The predicted octanol–water partition coefficient (Wildman–Crippen LogP) is 1.90. The summed E-state index contributed by atoms with van der Waals surface area (Å²) in [6.07, 6.45) is 2.50. The quantitative estimate of drug-likeness (QED) is 0.842. The molecule has 1 aromatic carbocycles. The molecule has 0 saturated heterocycles. The molecule has 2 aromatic rings. The van der Waals surface area contributed by atoms with Gasteiger partial charge in [0.15, 0.2) is 6.61 Å². The van der Waals surface area contributed by atoms with Gasteiger partial charge in [-0.05, 0) is 25.0 Å². The van der Waals surface area contributed by atoms with Gasteiger partial charge in [0.25, 0.3) is 0 Å². The van der Waals surface area contributed by atoms with Gasteiger partial charge in [-0.25, -0.2) is 0 Å². The molecule has 3 rings (SSSR count). The summed E-state index contributed by atoms with van der Waals surface area (Å²) in [5, 5.41) is 7.20. The highest BCUT2D eigenvalue weighted by Gasteiger charge is 2.21. The molecular weight excluding hydrogens is 230 g/mol. The Labute approximate surface area is 105 Å². The molecule has 0 aliphatic heterocycles. The second-order valence-corrected chi connectivity index (χ2v) is 4.36. The van der Waals surface area contributed by atoms with Crippen LogP contribution in [0.1, 0.15) is 24.6 Å². The Morgan fingerprint density at radius 2 is 2.11 bits per heavy atom. The van der Waals surface area contributed by atoms with E-state index in [1.54, 1.807) is 0 Å². The molecule has 94 valence electrons. The lowest BCUT2D eigenvalue weighted by molar-refractivity contribution is 0.284. The summed E-state index contributed by atoms with van der Waals surface area (Å²) < 4.78 is 10.7. The standard InChI is InChI=1S/C13H15N3O2/c1-2-4-11(5-3-1)17-9-12-15-13(18-16-12)8-14-10-6-7-10/h1-5,10,14H,6-9H2. The van der Waals surface area contributed by atoms with E-state index >= 15 is 0 Å². The number of nitrogens with zero attached hydrogens (tertiary/aromatic N) is 2. The van der Waals surface area contributed by atoms with Crippen LogP contribution in [0.25, 0.3) is 0 Å². The van der Waals surface area contributed by atoms with Crippen molar-refractivity contribution in [1.29, 1.82) is 0 Å². The van der Waals surface area contributed by atoms with Crippen LogP contribution in [0.4, 0.5) is 0 Å². The molecule has 1 aromatic heterocycles. The van der Waals surface area contributed by atoms with Gasteiger partial charge in [0.1, 0.15) is 5.75 Å². The Morgan fingerprint density at radius 1 is 1.28 bits per heavy atom. The minimum absolute atomic E-state index is 0.330. The van der Waals surface area contributed by atoms with Gasteiger partial charge in [-0.15, -0.1) is 0 Å². The first-order valence-corrected chi connectivity index (χ1v) is 6.13. The molecule has 0 atom stereocenters. The maximum Gasteiger partial charge on any atom is 0.240 e. The summed E-state index contributed by atoms with van der Waals surface area (Å²) in [5.74, 6) is 2.00. The molecule has 1 aliphatic carbocycles. The Balaban J connectivity index is 1.50. The van der Waals surface area contributed by atoms with Crippen LogP contribution in [0.2, 0.25) is 0 Å². The zero-order valence-electron chi connectivity index (χ0n) is 10.0. The zero-order valence-corrected chi connectivity index (χ0v) is 10.0. The normalized spacial score (nSPS) is 14.7. The predicted molar refractivity (Wildman–Crippen MR) is 64.9 cm³/mol. The lowest BCUT2D eigenvalue weighted by Crippen LogP contribution is -2.15. The topological polar surface area (TPSA) is 60.2 Å². The van der Waals surface area contributed by atoms with E-state index in [1.165, 1.54) is 12.8 Å². The minimum Gasteiger partial charge on any atom is -0.485 e. The van der Waals surface area contributed by atoms with Crippen molar-refractivity contribution in [2.24, 2.45) is 0 Å².